The molecular weight excluding hydrogens is 241 g/mol. The molecule has 1 aliphatic carbocycles. The van der Waals surface area contributed by atoms with Crippen molar-refractivity contribution >= 4 is 0 Å². The third-order valence-electron chi connectivity index (χ3n) is 4.33. The second-order valence-corrected chi connectivity index (χ2v) is 6.19. The zero-order valence-corrected chi connectivity index (χ0v) is 11.7. The Bertz CT molecular complexity index is 468. The van der Waals surface area contributed by atoms with Gasteiger partial charge >= 0.3 is 0 Å². The van der Waals surface area contributed by atoms with Crippen molar-refractivity contribution in [1.82, 2.24) is 5.32 Å². The van der Waals surface area contributed by atoms with Crippen LogP contribution >= 0.6 is 0 Å². The lowest BCUT2D eigenvalue weighted by Gasteiger charge is -2.51. The molecule has 3 rings (SSSR count). The molecule has 19 heavy (non-hydrogen) atoms. The van der Waals surface area contributed by atoms with E-state index in [0.717, 1.165) is 49.5 Å². The Morgan fingerprint density at radius 1 is 1.37 bits per heavy atom. The van der Waals surface area contributed by atoms with Crippen LogP contribution in [0.5, 0.6) is 5.75 Å². The first kappa shape index (κ1) is 12.9. The molecular formula is C16H22FNO. The Morgan fingerprint density at radius 2 is 2.16 bits per heavy atom. The number of rotatable bonds is 3. The Balaban J connectivity index is 1.88. The summed E-state index contributed by atoms with van der Waals surface area (Å²) in [5.41, 5.74) is 0.981. The third-order valence-corrected chi connectivity index (χ3v) is 4.33. The van der Waals surface area contributed by atoms with Crippen LogP contribution in [0.25, 0.3) is 0 Å². The molecule has 1 atom stereocenters. The summed E-state index contributed by atoms with van der Waals surface area (Å²) < 4.78 is 19.6. The molecule has 1 unspecified atom stereocenters. The van der Waals surface area contributed by atoms with Gasteiger partial charge in [0.25, 0.3) is 0 Å². The normalized spacial score (nSPS) is 32.6. The van der Waals surface area contributed by atoms with Gasteiger partial charge in [-0.2, -0.15) is 0 Å². The molecule has 0 aromatic heterocycles. The number of nitrogens with one attached hydrogen (secondary N) is 1. The zero-order valence-electron chi connectivity index (χ0n) is 11.7. The highest BCUT2D eigenvalue weighted by Crippen LogP contribution is 2.51. The number of benzene rings is 1. The molecule has 0 bridgehead atoms. The Hall–Kier alpha value is -1.09. The van der Waals surface area contributed by atoms with Crippen molar-refractivity contribution in [3.8, 4) is 5.75 Å². The molecule has 1 aromatic carbocycles. The molecule has 0 saturated heterocycles. The smallest absolute Gasteiger partial charge is 0.125 e. The summed E-state index contributed by atoms with van der Waals surface area (Å²) in [6.07, 6.45) is 4.29. The van der Waals surface area contributed by atoms with E-state index in [1.54, 1.807) is 12.1 Å². The van der Waals surface area contributed by atoms with Gasteiger partial charge in [-0.15, -0.1) is 0 Å². The minimum absolute atomic E-state index is 0.00431. The lowest BCUT2D eigenvalue weighted by atomic mass is 9.67. The van der Waals surface area contributed by atoms with E-state index < -0.39 is 0 Å². The molecule has 2 nitrogen and oxygen atoms in total. The standard InChI is InChI=1S/C16H22FNO/c1-3-6-18-14-10-16(8-11(2)9-16)19-15-5-4-12(17)7-13(14)15/h4-5,7,11,14,18H,3,6,8-10H2,1-2H3. The van der Waals surface area contributed by atoms with Crippen molar-refractivity contribution in [1.29, 1.82) is 0 Å². The van der Waals surface area contributed by atoms with Crippen LogP contribution in [0.3, 0.4) is 0 Å². The van der Waals surface area contributed by atoms with E-state index in [4.69, 9.17) is 4.74 Å². The molecule has 0 radical (unpaired) electrons. The zero-order chi connectivity index (χ0) is 13.5. The van der Waals surface area contributed by atoms with Crippen LogP contribution in [0.1, 0.15) is 51.1 Å². The van der Waals surface area contributed by atoms with E-state index in [0.29, 0.717) is 0 Å². The second kappa shape index (κ2) is 4.78. The maximum Gasteiger partial charge on any atom is 0.125 e. The third kappa shape index (κ3) is 2.36. The van der Waals surface area contributed by atoms with Gasteiger partial charge in [0.1, 0.15) is 17.2 Å². The van der Waals surface area contributed by atoms with Crippen LogP contribution < -0.4 is 10.1 Å². The van der Waals surface area contributed by atoms with E-state index in [1.165, 1.54) is 6.07 Å². The van der Waals surface area contributed by atoms with E-state index in [9.17, 15) is 4.39 Å². The van der Waals surface area contributed by atoms with E-state index in [-0.39, 0.29) is 17.5 Å². The van der Waals surface area contributed by atoms with Gasteiger partial charge in [-0.3, -0.25) is 0 Å². The van der Waals surface area contributed by atoms with Crippen LogP contribution in [0.15, 0.2) is 18.2 Å². The number of hydrogen-bond donors (Lipinski definition) is 1. The van der Waals surface area contributed by atoms with Crippen molar-refractivity contribution < 1.29 is 9.13 Å². The molecule has 1 aromatic rings. The summed E-state index contributed by atoms with van der Waals surface area (Å²) in [7, 11) is 0. The second-order valence-electron chi connectivity index (χ2n) is 6.19. The Labute approximate surface area is 114 Å². The van der Waals surface area contributed by atoms with Gasteiger partial charge in [0.05, 0.1) is 0 Å². The monoisotopic (exact) mass is 263 g/mol. The van der Waals surface area contributed by atoms with Crippen LogP contribution in [0.2, 0.25) is 0 Å². The molecule has 1 N–H and O–H groups in total. The number of fused-ring (bicyclic) bond motifs is 1. The molecule has 0 amide bonds. The van der Waals surface area contributed by atoms with Gasteiger partial charge in [-0.1, -0.05) is 13.8 Å². The summed E-state index contributed by atoms with van der Waals surface area (Å²) in [6, 6.07) is 5.13. The molecule has 3 heteroatoms. The maximum atomic E-state index is 13.5. The van der Waals surface area contributed by atoms with Gasteiger partial charge in [0.15, 0.2) is 0 Å². The Kier molecular flexibility index (Phi) is 3.25. The van der Waals surface area contributed by atoms with Crippen molar-refractivity contribution in [2.45, 2.75) is 51.2 Å². The van der Waals surface area contributed by atoms with E-state index >= 15 is 0 Å². The predicted molar refractivity (Wildman–Crippen MR) is 73.8 cm³/mol. The lowest BCUT2D eigenvalue weighted by molar-refractivity contribution is -0.0690. The largest absolute Gasteiger partial charge is 0.487 e. The average molecular weight is 263 g/mol. The lowest BCUT2D eigenvalue weighted by Crippen LogP contribution is -2.52. The summed E-state index contributed by atoms with van der Waals surface area (Å²) >= 11 is 0. The molecule has 1 spiro atoms. The SMILES string of the molecule is CCCNC1CC2(CC(C)C2)Oc2ccc(F)cc21. The summed E-state index contributed by atoms with van der Waals surface area (Å²) in [5.74, 6) is 1.44. The molecule has 2 aliphatic rings. The summed E-state index contributed by atoms with van der Waals surface area (Å²) in [6.45, 7) is 5.38. The van der Waals surface area contributed by atoms with Gasteiger partial charge < -0.3 is 10.1 Å². The fraction of sp³-hybridized carbons (Fsp3) is 0.625. The number of ether oxygens (including phenoxy) is 1. The summed E-state index contributed by atoms with van der Waals surface area (Å²) in [5, 5.41) is 3.55. The molecule has 1 fully saturated rings. The topological polar surface area (TPSA) is 21.3 Å². The van der Waals surface area contributed by atoms with Crippen molar-refractivity contribution in [3.63, 3.8) is 0 Å². The van der Waals surface area contributed by atoms with Gasteiger partial charge in [-0.05, 0) is 49.9 Å². The first-order valence-corrected chi connectivity index (χ1v) is 7.34. The minimum atomic E-state index is -0.177. The van der Waals surface area contributed by atoms with Crippen molar-refractivity contribution in [2.24, 2.45) is 5.92 Å². The fourth-order valence-corrected chi connectivity index (χ4v) is 3.60. The van der Waals surface area contributed by atoms with Crippen LogP contribution in [-0.4, -0.2) is 12.1 Å². The molecule has 1 aliphatic heterocycles. The molecule has 104 valence electrons. The highest BCUT2D eigenvalue weighted by atomic mass is 19.1. The first-order valence-electron chi connectivity index (χ1n) is 7.34. The highest BCUT2D eigenvalue weighted by molar-refractivity contribution is 5.40. The van der Waals surface area contributed by atoms with Crippen LogP contribution in [0, 0.1) is 11.7 Å². The average Bonchev–Trinajstić information content (AvgIpc) is 2.35. The quantitative estimate of drug-likeness (QED) is 0.895. The van der Waals surface area contributed by atoms with Gasteiger partial charge in [0.2, 0.25) is 0 Å². The van der Waals surface area contributed by atoms with Gasteiger partial charge in [0, 0.05) is 18.0 Å². The Morgan fingerprint density at radius 3 is 2.84 bits per heavy atom. The minimum Gasteiger partial charge on any atom is -0.487 e. The number of halogens is 1. The van der Waals surface area contributed by atoms with E-state index in [1.807, 2.05) is 0 Å². The molecule has 1 heterocycles. The van der Waals surface area contributed by atoms with Crippen molar-refractivity contribution in [2.75, 3.05) is 6.54 Å². The van der Waals surface area contributed by atoms with Crippen LogP contribution in [-0.2, 0) is 0 Å². The predicted octanol–water partition coefficient (Wildman–Crippen LogP) is 3.82. The van der Waals surface area contributed by atoms with Crippen molar-refractivity contribution in [3.05, 3.63) is 29.6 Å². The maximum absolute atomic E-state index is 13.5. The van der Waals surface area contributed by atoms with E-state index in [2.05, 4.69) is 19.2 Å². The first-order chi connectivity index (χ1) is 9.12. The fourth-order valence-electron chi connectivity index (χ4n) is 3.60. The van der Waals surface area contributed by atoms with Crippen LogP contribution in [0.4, 0.5) is 4.39 Å². The highest BCUT2D eigenvalue weighted by Gasteiger charge is 2.48. The van der Waals surface area contributed by atoms with Gasteiger partial charge in [-0.25, -0.2) is 4.39 Å². The summed E-state index contributed by atoms with van der Waals surface area (Å²) in [4.78, 5) is 0. The molecule has 1 saturated carbocycles. The number of hydrogen-bond acceptors (Lipinski definition) is 2.